The van der Waals surface area contributed by atoms with E-state index in [-0.39, 0.29) is 0 Å². The highest BCUT2D eigenvalue weighted by Gasteiger charge is 2.26. The maximum atomic E-state index is 11.7. The molecule has 14 heavy (non-hydrogen) atoms. The number of fused-ring (bicyclic) bond motifs is 2. The van der Waals surface area contributed by atoms with Crippen LogP contribution in [0, 0.1) is 6.92 Å². The Balaban J connectivity index is 2.30. The summed E-state index contributed by atoms with van der Waals surface area (Å²) in [7, 11) is 0. The van der Waals surface area contributed by atoms with E-state index in [4.69, 9.17) is 0 Å². The Morgan fingerprint density at radius 3 is 2.79 bits per heavy atom. The number of carbonyl (C=O) groups is 1. The van der Waals surface area contributed by atoms with Crippen LogP contribution in [0.3, 0.4) is 0 Å². The lowest BCUT2D eigenvalue weighted by molar-refractivity contribution is 0.0994. The number of benzene rings is 1. The highest BCUT2D eigenvalue weighted by molar-refractivity contribution is 6.02. The average molecular weight is 186 g/mol. The van der Waals surface area contributed by atoms with Crippen molar-refractivity contribution in [1.29, 1.82) is 0 Å². The van der Waals surface area contributed by atoms with Gasteiger partial charge in [-0.05, 0) is 54.9 Å². The lowest BCUT2D eigenvalue weighted by Gasteiger charge is -2.09. The molecule has 0 spiro atoms. The first-order chi connectivity index (χ1) is 6.77. The third kappa shape index (κ3) is 0.927. The second kappa shape index (κ2) is 2.69. The molecule has 0 unspecified atom stereocenters. The van der Waals surface area contributed by atoms with Gasteiger partial charge in [-0.1, -0.05) is 6.07 Å². The van der Waals surface area contributed by atoms with E-state index in [1.165, 1.54) is 41.5 Å². The molecule has 2 aliphatic carbocycles. The minimum Gasteiger partial charge on any atom is -0.294 e. The van der Waals surface area contributed by atoms with Crippen LogP contribution in [0.2, 0.25) is 0 Å². The van der Waals surface area contributed by atoms with Gasteiger partial charge in [0.2, 0.25) is 0 Å². The molecule has 0 aliphatic heterocycles. The summed E-state index contributed by atoms with van der Waals surface area (Å²) in [5, 5.41) is 0. The molecule has 3 rings (SSSR count). The van der Waals surface area contributed by atoms with Crippen LogP contribution >= 0.6 is 0 Å². The Bertz CT molecular complexity index is 429. The first-order valence-electron chi connectivity index (χ1n) is 5.45. The summed E-state index contributed by atoms with van der Waals surface area (Å²) in [6, 6.07) is 2.29. The third-order valence-electron chi connectivity index (χ3n) is 3.66. The van der Waals surface area contributed by atoms with E-state index in [1.54, 1.807) is 0 Å². The van der Waals surface area contributed by atoms with E-state index in [2.05, 4.69) is 13.0 Å². The normalized spacial score (nSPS) is 18.5. The SMILES string of the molecule is Cc1c2c(cc3c1C(=O)CC3)CCC2. The molecule has 1 nitrogen and oxygen atoms in total. The Labute approximate surface area is 84.1 Å². The van der Waals surface area contributed by atoms with Crippen LogP contribution in [0.1, 0.15) is 45.5 Å². The van der Waals surface area contributed by atoms with Crippen LogP contribution in [0.25, 0.3) is 0 Å². The van der Waals surface area contributed by atoms with E-state index in [1.807, 2.05) is 0 Å². The van der Waals surface area contributed by atoms with Gasteiger partial charge in [0.25, 0.3) is 0 Å². The topological polar surface area (TPSA) is 17.1 Å². The van der Waals surface area contributed by atoms with Crippen molar-refractivity contribution >= 4 is 5.78 Å². The summed E-state index contributed by atoms with van der Waals surface area (Å²) in [4.78, 5) is 11.7. The smallest absolute Gasteiger partial charge is 0.163 e. The van der Waals surface area contributed by atoms with Crippen LogP contribution in [-0.2, 0) is 19.3 Å². The van der Waals surface area contributed by atoms with E-state index >= 15 is 0 Å². The molecule has 0 radical (unpaired) electrons. The lowest BCUT2D eigenvalue weighted by Crippen LogP contribution is -2.00. The van der Waals surface area contributed by atoms with Crippen molar-refractivity contribution in [2.24, 2.45) is 0 Å². The summed E-state index contributed by atoms with van der Waals surface area (Å²) < 4.78 is 0. The van der Waals surface area contributed by atoms with Crippen molar-refractivity contribution in [2.75, 3.05) is 0 Å². The van der Waals surface area contributed by atoms with Crippen LogP contribution in [0.5, 0.6) is 0 Å². The quantitative estimate of drug-likeness (QED) is 0.608. The summed E-state index contributed by atoms with van der Waals surface area (Å²) >= 11 is 0. The second-order valence-corrected chi connectivity index (χ2v) is 4.45. The van der Waals surface area contributed by atoms with Crippen LogP contribution < -0.4 is 0 Å². The third-order valence-corrected chi connectivity index (χ3v) is 3.66. The van der Waals surface area contributed by atoms with E-state index < -0.39 is 0 Å². The molecule has 1 heteroatoms. The van der Waals surface area contributed by atoms with Gasteiger partial charge in [-0.25, -0.2) is 0 Å². The van der Waals surface area contributed by atoms with Crippen molar-refractivity contribution < 1.29 is 4.79 Å². The molecule has 0 aromatic heterocycles. The molecule has 1 aromatic rings. The van der Waals surface area contributed by atoms with Gasteiger partial charge in [0.15, 0.2) is 5.78 Å². The van der Waals surface area contributed by atoms with Crippen LogP contribution in [-0.4, -0.2) is 5.78 Å². The lowest BCUT2D eigenvalue weighted by atomic mass is 9.95. The highest BCUT2D eigenvalue weighted by Crippen LogP contribution is 2.34. The minimum atomic E-state index is 0.368. The molecular formula is C13H14O. The van der Waals surface area contributed by atoms with Crippen molar-refractivity contribution in [3.05, 3.63) is 33.9 Å². The number of ketones is 1. The monoisotopic (exact) mass is 186 g/mol. The Kier molecular flexibility index (Phi) is 1.58. The Hall–Kier alpha value is -1.11. The standard InChI is InChI=1S/C13H14O/c1-8-11-4-2-3-9(11)7-10-5-6-12(14)13(8)10/h7H,2-6H2,1H3. The molecule has 72 valence electrons. The summed E-state index contributed by atoms with van der Waals surface area (Å²) in [6.45, 7) is 2.13. The van der Waals surface area contributed by atoms with E-state index in [9.17, 15) is 4.79 Å². The molecule has 0 N–H and O–H groups in total. The van der Waals surface area contributed by atoms with Crippen LogP contribution in [0.4, 0.5) is 0 Å². The zero-order valence-corrected chi connectivity index (χ0v) is 8.52. The number of Topliss-reactive ketones (excluding diaryl/α,β-unsaturated/α-hetero) is 1. The molecule has 0 saturated heterocycles. The fourth-order valence-corrected chi connectivity index (χ4v) is 2.99. The maximum Gasteiger partial charge on any atom is 0.163 e. The van der Waals surface area contributed by atoms with Crippen LogP contribution in [0.15, 0.2) is 6.07 Å². The average Bonchev–Trinajstić information content (AvgIpc) is 2.74. The van der Waals surface area contributed by atoms with Gasteiger partial charge in [0.05, 0.1) is 0 Å². The van der Waals surface area contributed by atoms with E-state index in [0.717, 1.165) is 18.4 Å². The predicted octanol–water partition coefficient (Wildman–Crippen LogP) is 2.61. The number of rotatable bonds is 0. The first-order valence-corrected chi connectivity index (χ1v) is 5.45. The van der Waals surface area contributed by atoms with Crippen molar-refractivity contribution in [1.82, 2.24) is 0 Å². The fraction of sp³-hybridized carbons (Fsp3) is 0.462. The molecule has 0 bridgehead atoms. The maximum absolute atomic E-state index is 11.7. The number of hydrogen-bond acceptors (Lipinski definition) is 1. The van der Waals surface area contributed by atoms with Crippen molar-refractivity contribution in [3.63, 3.8) is 0 Å². The van der Waals surface area contributed by atoms with E-state index in [0.29, 0.717) is 5.78 Å². The van der Waals surface area contributed by atoms with Crippen molar-refractivity contribution in [3.8, 4) is 0 Å². The largest absolute Gasteiger partial charge is 0.294 e. The zero-order chi connectivity index (χ0) is 9.71. The summed E-state index contributed by atoms with van der Waals surface area (Å²) in [6.07, 6.45) is 5.38. The molecule has 0 amide bonds. The molecular weight excluding hydrogens is 172 g/mol. The minimum absolute atomic E-state index is 0.368. The predicted molar refractivity (Wildman–Crippen MR) is 55.9 cm³/mol. The Morgan fingerprint density at radius 1 is 1.07 bits per heavy atom. The molecule has 0 heterocycles. The van der Waals surface area contributed by atoms with Gasteiger partial charge in [0, 0.05) is 12.0 Å². The van der Waals surface area contributed by atoms with Gasteiger partial charge >= 0.3 is 0 Å². The zero-order valence-electron chi connectivity index (χ0n) is 8.52. The van der Waals surface area contributed by atoms with Crippen molar-refractivity contribution in [2.45, 2.75) is 39.0 Å². The van der Waals surface area contributed by atoms with Gasteiger partial charge in [-0.3, -0.25) is 4.79 Å². The van der Waals surface area contributed by atoms with Gasteiger partial charge in [0.1, 0.15) is 0 Å². The molecule has 1 aromatic carbocycles. The highest BCUT2D eigenvalue weighted by atomic mass is 16.1. The number of hydrogen-bond donors (Lipinski definition) is 0. The fourth-order valence-electron chi connectivity index (χ4n) is 2.99. The van der Waals surface area contributed by atoms with Gasteiger partial charge in [-0.2, -0.15) is 0 Å². The molecule has 2 aliphatic rings. The first kappa shape index (κ1) is 8.22. The summed E-state index contributed by atoms with van der Waals surface area (Å²) in [5.74, 6) is 0.368. The molecule has 0 fully saturated rings. The molecule has 0 atom stereocenters. The number of carbonyl (C=O) groups excluding carboxylic acids is 1. The summed E-state index contributed by atoms with van der Waals surface area (Å²) in [5.41, 5.74) is 6.64. The number of aryl methyl sites for hydroxylation is 2. The second-order valence-electron chi connectivity index (χ2n) is 4.45. The van der Waals surface area contributed by atoms with Gasteiger partial charge in [-0.15, -0.1) is 0 Å². The Morgan fingerprint density at radius 2 is 1.93 bits per heavy atom. The van der Waals surface area contributed by atoms with Gasteiger partial charge < -0.3 is 0 Å². The molecule has 0 saturated carbocycles.